The molecule has 1 aromatic rings. The fourth-order valence-electron chi connectivity index (χ4n) is 1.00. The third-order valence-corrected chi connectivity index (χ3v) is 1.63. The topological polar surface area (TPSA) is 59.0 Å². The van der Waals surface area contributed by atoms with Crippen LogP contribution in [0.2, 0.25) is 0 Å². The fourth-order valence-corrected chi connectivity index (χ4v) is 1.00. The average molecular weight is 182 g/mol. The summed E-state index contributed by atoms with van der Waals surface area (Å²) in [6.45, 7) is 4.00. The normalized spacial score (nSPS) is 10.2. The maximum Gasteiger partial charge on any atom is 0.320 e. The SMILES string of the molecule is CNC(=O)Nc1ccnn1C(C)C. The molecule has 0 radical (unpaired) electrons. The van der Waals surface area contributed by atoms with E-state index in [9.17, 15) is 4.79 Å². The first-order valence-corrected chi connectivity index (χ1v) is 4.17. The first kappa shape index (κ1) is 9.57. The zero-order valence-electron chi connectivity index (χ0n) is 8.03. The molecule has 13 heavy (non-hydrogen) atoms. The predicted octanol–water partition coefficient (Wildman–Crippen LogP) is 1.22. The van der Waals surface area contributed by atoms with Crippen LogP contribution in [-0.4, -0.2) is 22.9 Å². The Morgan fingerprint density at radius 1 is 1.62 bits per heavy atom. The van der Waals surface area contributed by atoms with Crippen molar-refractivity contribution in [1.82, 2.24) is 15.1 Å². The van der Waals surface area contributed by atoms with E-state index in [0.29, 0.717) is 5.82 Å². The van der Waals surface area contributed by atoms with Crippen LogP contribution in [-0.2, 0) is 0 Å². The van der Waals surface area contributed by atoms with E-state index in [1.54, 1.807) is 24.0 Å². The number of carbonyl (C=O) groups is 1. The first-order chi connectivity index (χ1) is 6.15. The van der Waals surface area contributed by atoms with Crippen molar-refractivity contribution in [3.63, 3.8) is 0 Å². The number of anilines is 1. The monoisotopic (exact) mass is 182 g/mol. The van der Waals surface area contributed by atoms with Crippen molar-refractivity contribution >= 4 is 11.8 Å². The lowest BCUT2D eigenvalue weighted by atomic mass is 10.4. The maximum absolute atomic E-state index is 11.0. The number of nitrogens with one attached hydrogen (secondary N) is 2. The van der Waals surface area contributed by atoms with Crippen LogP contribution in [0.5, 0.6) is 0 Å². The average Bonchev–Trinajstić information content (AvgIpc) is 2.52. The second-order valence-corrected chi connectivity index (χ2v) is 2.96. The zero-order chi connectivity index (χ0) is 9.84. The van der Waals surface area contributed by atoms with Gasteiger partial charge >= 0.3 is 6.03 Å². The smallest absolute Gasteiger partial charge is 0.320 e. The Balaban J connectivity index is 2.76. The van der Waals surface area contributed by atoms with Gasteiger partial charge in [-0.2, -0.15) is 5.10 Å². The molecule has 2 N–H and O–H groups in total. The largest absolute Gasteiger partial charge is 0.341 e. The Morgan fingerprint density at radius 3 is 2.85 bits per heavy atom. The van der Waals surface area contributed by atoms with E-state index in [4.69, 9.17) is 0 Å². The van der Waals surface area contributed by atoms with Gasteiger partial charge in [-0.1, -0.05) is 0 Å². The quantitative estimate of drug-likeness (QED) is 0.722. The van der Waals surface area contributed by atoms with Gasteiger partial charge < -0.3 is 5.32 Å². The molecule has 0 aromatic carbocycles. The van der Waals surface area contributed by atoms with Gasteiger partial charge in [0, 0.05) is 19.2 Å². The number of hydrogen-bond donors (Lipinski definition) is 2. The number of rotatable bonds is 2. The summed E-state index contributed by atoms with van der Waals surface area (Å²) in [5, 5.41) is 9.23. The van der Waals surface area contributed by atoms with Crippen molar-refractivity contribution in [2.45, 2.75) is 19.9 Å². The summed E-state index contributed by atoms with van der Waals surface area (Å²) in [5.41, 5.74) is 0. The molecule has 2 amide bonds. The maximum atomic E-state index is 11.0. The molecule has 1 rings (SSSR count). The van der Waals surface area contributed by atoms with Gasteiger partial charge in [-0.25, -0.2) is 9.48 Å². The molecule has 0 saturated carbocycles. The molecular formula is C8H14N4O. The lowest BCUT2D eigenvalue weighted by Crippen LogP contribution is -2.26. The minimum absolute atomic E-state index is 0.234. The molecule has 0 atom stereocenters. The van der Waals surface area contributed by atoms with Gasteiger partial charge in [0.1, 0.15) is 5.82 Å². The summed E-state index contributed by atoms with van der Waals surface area (Å²) in [6.07, 6.45) is 1.66. The third-order valence-electron chi connectivity index (χ3n) is 1.63. The van der Waals surface area contributed by atoms with Crippen molar-refractivity contribution in [2.75, 3.05) is 12.4 Å². The third kappa shape index (κ3) is 2.21. The van der Waals surface area contributed by atoms with Crippen LogP contribution < -0.4 is 10.6 Å². The number of urea groups is 1. The molecule has 0 aliphatic heterocycles. The molecule has 0 aliphatic rings. The van der Waals surface area contributed by atoms with Crippen molar-refractivity contribution in [1.29, 1.82) is 0 Å². The Hall–Kier alpha value is -1.52. The van der Waals surface area contributed by atoms with Gasteiger partial charge in [-0.3, -0.25) is 5.32 Å². The number of aromatic nitrogens is 2. The van der Waals surface area contributed by atoms with Gasteiger partial charge in [0.05, 0.1) is 6.20 Å². The van der Waals surface area contributed by atoms with E-state index in [-0.39, 0.29) is 12.1 Å². The van der Waals surface area contributed by atoms with E-state index < -0.39 is 0 Å². The molecule has 0 bridgehead atoms. The van der Waals surface area contributed by atoms with Crippen LogP contribution >= 0.6 is 0 Å². The number of hydrogen-bond acceptors (Lipinski definition) is 2. The van der Waals surface area contributed by atoms with Crippen molar-refractivity contribution in [2.24, 2.45) is 0 Å². The highest BCUT2D eigenvalue weighted by Gasteiger charge is 2.07. The molecular weight excluding hydrogens is 168 g/mol. The molecule has 0 unspecified atom stereocenters. The Labute approximate surface area is 77.1 Å². The van der Waals surface area contributed by atoms with Crippen molar-refractivity contribution < 1.29 is 4.79 Å². The van der Waals surface area contributed by atoms with Crippen LogP contribution in [0.15, 0.2) is 12.3 Å². The summed E-state index contributed by atoms with van der Waals surface area (Å²) in [5.74, 6) is 0.703. The summed E-state index contributed by atoms with van der Waals surface area (Å²) >= 11 is 0. The summed E-state index contributed by atoms with van der Waals surface area (Å²) in [6, 6.07) is 1.76. The molecule has 0 spiro atoms. The lowest BCUT2D eigenvalue weighted by Gasteiger charge is -2.10. The molecule has 0 fully saturated rings. The molecule has 5 nitrogen and oxygen atoms in total. The zero-order valence-corrected chi connectivity index (χ0v) is 8.03. The van der Waals surface area contributed by atoms with E-state index >= 15 is 0 Å². The molecule has 1 heterocycles. The van der Waals surface area contributed by atoms with Crippen LogP contribution in [0.4, 0.5) is 10.6 Å². The highest BCUT2D eigenvalue weighted by Crippen LogP contribution is 2.12. The Morgan fingerprint density at radius 2 is 2.31 bits per heavy atom. The van der Waals surface area contributed by atoms with Crippen LogP contribution in [0.1, 0.15) is 19.9 Å². The molecule has 1 aromatic heterocycles. The summed E-state index contributed by atoms with van der Waals surface area (Å²) in [7, 11) is 1.57. The molecule has 0 aliphatic carbocycles. The van der Waals surface area contributed by atoms with E-state index in [0.717, 1.165) is 0 Å². The van der Waals surface area contributed by atoms with Crippen molar-refractivity contribution in [3.05, 3.63) is 12.3 Å². The summed E-state index contributed by atoms with van der Waals surface area (Å²) in [4.78, 5) is 11.0. The lowest BCUT2D eigenvalue weighted by molar-refractivity contribution is 0.253. The second-order valence-electron chi connectivity index (χ2n) is 2.96. The van der Waals surface area contributed by atoms with E-state index in [1.807, 2.05) is 13.8 Å². The van der Waals surface area contributed by atoms with Crippen LogP contribution in [0.3, 0.4) is 0 Å². The van der Waals surface area contributed by atoms with Crippen molar-refractivity contribution in [3.8, 4) is 0 Å². The first-order valence-electron chi connectivity index (χ1n) is 4.17. The molecule has 72 valence electrons. The molecule has 0 saturated heterocycles. The predicted molar refractivity (Wildman–Crippen MR) is 50.7 cm³/mol. The van der Waals surface area contributed by atoms with Gasteiger partial charge in [0.2, 0.25) is 0 Å². The number of nitrogens with zero attached hydrogens (tertiary/aromatic N) is 2. The highest BCUT2D eigenvalue weighted by molar-refractivity contribution is 5.87. The van der Waals surface area contributed by atoms with Gasteiger partial charge in [0.15, 0.2) is 0 Å². The van der Waals surface area contributed by atoms with E-state index in [2.05, 4.69) is 15.7 Å². The summed E-state index contributed by atoms with van der Waals surface area (Å²) < 4.78 is 1.75. The van der Waals surface area contributed by atoms with Crippen LogP contribution in [0, 0.1) is 0 Å². The number of amides is 2. The van der Waals surface area contributed by atoms with Gasteiger partial charge in [-0.05, 0) is 13.8 Å². The highest BCUT2D eigenvalue weighted by atomic mass is 16.2. The standard InChI is InChI=1S/C8H14N4O/c1-6(2)12-7(4-5-10-12)11-8(13)9-3/h4-6H,1-3H3,(H2,9,11,13). The Bertz CT molecular complexity index is 292. The fraction of sp³-hybridized carbons (Fsp3) is 0.500. The van der Waals surface area contributed by atoms with E-state index in [1.165, 1.54) is 0 Å². The minimum atomic E-state index is -0.234. The van der Waals surface area contributed by atoms with Crippen LogP contribution in [0.25, 0.3) is 0 Å². The minimum Gasteiger partial charge on any atom is -0.341 e. The molecule has 5 heteroatoms. The number of carbonyl (C=O) groups excluding carboxylic acids is 1. The second kappa shape index (κ2) is 3.93. The Kier molecular flexibility index (Phi) is 2.89. The van der Waals surface area contributed by atoms with Gasteiger partial charge in [-0.15, -0.1) is 0 Å². The van der Waals surface area contributed by atoms with Gasteiger partial charge in [0.25, 0.3) is 0 Å².